The monoisotopic (exact) mass is 470 g/mol. The quantitative estimate of drug-likeness (QED) is 0.469. The standard InChI is InChI=1S/C27H34O7/c1-17-7-12-21(27-15-22(28)24(31)26(34-27,16-33-27)25(2,3)32)14-20(17)13-19-10-8-18(9-11-19)5-4-6-23(29)30/h7-12,14,22,24,28,31-32H,4-6,13,15-16H2,1-3H3,(H,29,30)/t22?,24-,26-,27+/m0/s1. The highest BCUT2D eigenvalue weighted by atomic mass is 16.8. The molecule has 2 aromatic carbocycles. The highest BCUT2D eigenvalue weighted by Gasteiger charge is 2.67. The van der Waals surface area contributed by atoms with E-state index in [-0.39, 0.29) is 19.4 Å². The van der Waals surface area contributed by atoms with Gasteiger partial charge in [0.15, 0.2) is 11.4 Å². The number of carboxylic acid groups (broad SMARTS) is 1. The van der Waals surface area contributed by atoms with Crippen LogP contribution in [0.2, 0.25) is 0 Å². The number of ether oxygens (including phenoxy) is 2. The first-order valence-corrected chi connectivity index (χ1v) is 11.8. The van der Waals surface area contributed by atoms with E-state index in [1.54, 1.807) is 13.8 Å². The molecular formula is C27H34O7. The largest absolute Gasteiger partial charge is 0.481 e. The van der Waals surface area contributed by atoms with Crippen LogP contribution in [0.5, 0.6) is 0 Å². The van der Waals surface area contributed by atoms with Crippen molar-refractivity contribution in [2.45, 2.75) is 82.1 Å². The first-order chi connectivity index (χ1) is 16.0. The summed E-state index contributed by atoms with van der Waals surface area (Å²) in [6.45, 7) is 5.12. The van der Waals surface area contributed by atoms with Gasteiger partial charge in [-0.25, -0.2) is 0 Å². The molecule has 34 heavy (non-hydrogen) atoms. The number of carboxylic acids is 1. The summed E-state index contributed by atoms with van der Waals surface area (Å²) in [6.07, 6.45) is -0.0877. The van der Waals surface area contributed by atoms with Gasteiger partial charge in [0.1, 0.15) is 6.10 Å². The molecule has 2 bridgehead atoms. The normalized spacial score (nSPS) is 28.8. The molecule has 7 nitrogen and oxygen atoms in total. The number of fused-ring (bicyclic) bond motifs is 2. The van der Waals surface area contributed by atoms with E-state index in [4.69, 9.17) is 14.6 Å². The van der Waals surface area contributed by atoms with Crippen LogP contribution in [-0.4, -0.2) is 56.4 Å². The van der Waals surface area contributed by atoms with Gasteiger partial charge >= 0.3 is 5.97 Å². The summed E-state index contributed by atoms with van der Waals surface area (Å²) in [7, 11) is 0. The van der Waals surface area contributed by atoms with E-state index in [2.05, 4.69) is 12.1 Å². The summed E-state index contributed by atoms with van der Waals surface area (Å²) in [5, 5.41) is 40.9. The number of aliphatic hydroxyl groups excluding tert-OH is 2. The Morgan fingerprint density at radius 3 is 2.44 bits per heavy atom. The Kier molecular flexibility index (Phi) is 6.61. The van der Waals surface area contributed by atoms with Crippen molar-refractivity contribution in [1.29, 1.82) is 0 Å². The topological polar surface area (TPSA) is 116 Å². The Morgan fingerprint density at radius 1 is 1.12 bits per heavy atom. The van der Waals surface area contributed by atoms with Gasteiger partial charge in [0, 0.05) is 18.4 Å². The van der Waals surface area contributed by atoms with Crippen molar-refractivity contribution in [3.8, 4) is 0 Å². The van der Waals surface area contributed by atoms with Crippen molar-refractivity contribution in [2.75, 3.05) is 6.61 Å². The third kappa shape index (κ3) is 4.51. The summed E-state index contributed by atoms with van der Waals surface area (Å²) in [5.41, 5.74) is 2.32. The second kappa shape index (κ2) is 9.06. The van der Waals surface area contributed by atoms with Crippen molar-refractivity contribution in [1.82, 2.24) is 0 Å². The molecule has 0 radical (unpaired) electrons. The van der Waals surface area contributed by atoms with Crippen molar-refractivity contribution >= 4 is 5.97 Å². The smallest absolute Gasteiger partial charge is 0.303 e. The zero-order valence-corrected chi connectivity index (χ0v) is 20.0. The van der Waals surface area contributed by atoms with E-state index in [1.165, 1.54) is 0 Å². The first-order valence-electron chi connectivity index (χ1n) is 11.8. The Bertz CT molecular complexity index is 1040. The van der Waals surface area contributed by atoms with Gasteiger partial charge in [0.2, 0.25) is 0 Å². The third-order valence-corrected chi connectivity index (χ3v) is 7.29. The van der Waals surface area contributed by atoms with E-state index in [0.717, 1.165) is 34.2 Å². The van der Waals surface area contributed by atoms with Gasteiger partial charge < -0.3 is 29.9 Å². The van der Waals surface area contributed by atoms with Crippen molar-refractivity contribution in [3.05, 3.63) is 70.3 Å². The van der Waals surface area contributed by atoms with Crippen LogP contribution in [0.15, 0.2) is 42.5 Å². The molecule has 7 heteroatoms. The number of aliphatic hydroxyl groups is 3. The molecule has 0 spiro atoms. The maximum absolute atomic E-state index is 10.8. The fraction of sp³-hybridized carbons (Fsp3) is 0.519. The Hall–Kier alpha value is -2.29. The zero-order valence-electron chi connectivity index (χ0n) is 20.0. The molecular weight excluding hydrogens is 436 g/mol. The van der Waals surface area contributed by atoms with Gasteiger partial charge in [-0.1, -0.05) is 36.4 Å². The number of aliphatic carboxylic acids is 1. The predicted molar refractivity (Wildman–Crippen MR) is 125 cm³/mol. The summed E-state index contributed by atoms with van der Waals surface area (Å²) in [5.74, 6) is -2.02. The van der Waals surface area contributed by atoms with Crippen LogP contribution in [0, 0.1) is 6.92 Å². The summed E-state index contributed by atoms with van der Waals surface area (Å²) in [4.78, 5) is 10.7. The third-order valence-electron chi connectivity index (χ3n) is 7.29. The van der Waals surface area contributed by atoms with Gasteiger partial charge in [-0.2, -0.15) is 0 Å². The minimum absolute atomic E-state index is 0.0265. The van der Waals surface area contributed by atoms with Crippen LogP contribution in [0.3, 0.4) is 0 Å². The highest BCUT2D eigenvalue weighted by Crippen LogP contribution is 2.53. The number of hydrogen-bond acceptors (Lipinski definition) is 6. The lowest BCUT2D eigenvalue weighted by molar-refractivity contribution is -0.308. The van der Waals surface area contributed by atoms with E-state index in [0.29, 0.717) is 12.8 Å². The van der Waals surface area contributed by atoms with Gasteiger partial charge in [-0.05, 0) is 68.4 Å². The average Bonchev–Trinajstić information content (AvgIpc) is 3.12. The van der Waals surface area contributed by atoms with E-state index >= 15 is 0 Å². The maximum Gasteiger partial charge on any atom is 0.303 e. The fourth-order valence-electron chi connectivity index (χ4n) is 5.03. The van der Waals surface area contributed by atoms with Gasteiger partial charge in [-0.15, -0.1) is 0 Å². The second-order valence-corrected chi connectivity index (χ2v) is 10.2. The lowest BCUT2D eigenvalue weighted by Gasteiger charge is -2.48. The molecule has 2 aromatic rings. The molecule has 2 heterocycles. The molecule has 4 atom stereocenters. The molecule has 184 valence electrons. The van der Waals surface area contributed by atoms with E-state index < -0.39 is 35.2 Å². The average molecular weight is 471 g/mol. The van der Waals surface area contributed by atoms with Crippen LogP contribution in [-0.2, 0) is 32.9 Å². The molecule has 2 aliphatic rings. The van der Waals surface area contributed by atoms with Crippen LogP contribution in [0.25, 0.3) is 0 Å². The summed E-state index contributed by atoms with van der Waals surface area (Å²) >= 11 is 0. The van der Waals surface area contributed by atoms with Crippen LogP contribution in [0.1, 0.15) is 60.9 Å². The number of benzene rings is 2. The number of hydrogen-bond donors (Lipinski definition) is 4. The lowest BCUT2D eigenvalue weighted by Crippen LogP contribution is -2.66. The van der Waals surface area contributed by atoms with E-state index in [1.807, 2.05) is 37.3 Å². The van der Waals surface area contributed by atoms with Gasteiger partial charge in [-0.3, -0.25) is 4.79 Å². The summed E-state index contributed by atoms with van der Waals surface area (Å²) < 4.78 is 12.4. The first kappa shape index (κ1) is 24.8. The molecule has 4 N–H and O–H groups in total. The summed E-state index contributed by atoms with van der Waals surface area (Å²) in [6, 6.07) is 14.1. The van der Waals surface area contributed by atoms with Crippen molar-refractivity contribution in [2.24, 2.45) is 0 Å². The van der Waals surface area contributed by atoms with Crippen LogP contribution in [0.4, 0.5) is 0 Å². The number of rotatable bonds is 8. The Morgan fingerprint density at radius 2 is 1.79 bits per heavy atom. The number of carbonyl (C=O) groups is 1. The minimum Gasteiger partial charge on any atom is -0.481 e. The van der Waals surface area contributed by atoms with E-state index in [9.17, 15) is 20.1 Å². The van der Waals surface area contributed by atoms with Crippen LogP contribution >= 0.6 is 0 Å². The Balaban J connectivity index is 1.56. The molecule has 0 saturated carbocycles. The number of aryl methyl sites for hydroxylation is 2. The molecule has 2 aliphatic heterocycles. The molecule has 2 fully saturated rings. The lowest BCUT2D eigenvalue weighted by atomic mass is 9.76. The zero-order chi connectivity index (χ0) is 24.7. The molecule has 0 amide bonds. The maximum atomic E-state index is 10.8. The fourth-order valence-corrected chi connectivity index (χ4v) is 5.03. The SMILES string of the molecule is Cc1ccc([C@]23CC(O)[C@H](O)[C@](C(C)(C)O)(CO2)O3)cc1Cc1ccc(CCCC(=O)O)cc1. The van der Waals surface area contributed by atoms with Gasteiger partial charge in [0.25, 0.3) is 0 Å². The van der Waals surface area contributed by atoms with Gasteiger partial charge in [0.05, 0.1) is 18.3 Å². The molecule has 0 aliphatic carbocycles. The molecule has 4 rings (SSSR count). The molecule has 1 unspecified atom stereocenters. The molecule has 2 saturated heterocycles. The minimum atomic E-state index is -1.42. The predicted octanol–water partition coefficient (Wildman–Crippen LogP) is 2.83. The Labute approximate surface area is 200 Å². The van der Waals surface area contributed by atoms with Crippen molar-refractivity contribution in [3.63, 3.8) is 0 Å². The van der Waals surface area contributed by atoms with Crippen molar-refractivity contribution < 1.29 is 34.7 Å². The van der Waals surface area contributed by atoms with Crippen LogP contribution < -0.4 is 0 Å². The molecule has 0 aromatic heterocycles. The highest BCUT2D eigenvalue weighted by molar-refractivity contribution is 5.66. The second-order valence-electron chi connectivity index (χ2n) is 10.2.